The van der Waals surface area contributed by atoms with E-state index >= 15 is 0 Å². The highest BCUT2D eigenvalue weighted by molar-refractivity contribution is 6.37. The van der Waals surface area contributed by atoms with Crippen molar-refractivity contribution in [3.8, 4) is 0 Å². The Bertz CT molecular complexity index is 831. The topological polar surface area (TPSA) is 189 Å². The van der Waals surface area contributed by atoms with E-state index in [-0.39, 0.29) is 24.0 Å². The molecule has 0 radical (unpaired) electrons. The second-order valence-electron chi connectivity index (χ2n) is 12.7. The number of likely N-dealkylation sites (tertiary alicyclic amines) is 1. The van der Waals surface area contributed by atoms with Gasteiger partial charge in [-0.1, -0.05) is 68.2 Å². The molecular weight excluding hydrogens is 536 g/mol. The van der Waals surface area contributed by atoms with Gasteiger partial charge in [0.1, 0.15) is 12.6 Å². The number of Topliss-reactive ketones (excluding diaryl/α,β-unsaturated/α-hetero) is 1. The number of carbonyl (C=O) groups excluding carboxylic acids is 5. The molecule has 2 saturated carbocycles. The standard InChI is InChI=1S/C12H21N3O2.C7H12N2O2.C6H11NO.C4H10.C2H6/c1-12(2,3)10(7-16)15-11(17)14-6-9(13)8-4-5-8;8-5(3-4-1-2-4)6(10)7(9)11;1-7-4-2-3-6(7)5-8;1-4(2)3;1-2/h7-8,10,13H,4-6H2,1-3H3,(H2,14,15,17);4-5H,1-3,8H2,(H2,9,11);5-6H,2-4H2,1H3;4H,1-3H3;1-2H3. The van der Waals surface area contributed by atoms with E-state index in [0.29, 0.717) is 24.0 Å². The third-order valence-electron chi connectivity index (χ3n) is 6.46. The molecule has 3 rings (SSSR count). The molecule has 3 atom stereocenters. The summed E-state index contributed by atoms with van der Waals surface area (Å²) in [4.78, 5) is 55.8. The number of ketones is 1. The molecule has 0 aromatic rings. The second-order valence-corrected chi connectivity index (χ2v) is 12.7. The summed E-state index contributed by atoms with van der Waals surface area (Å²) < 4.78 is 0. The lowest BCUT2D eigenvalue weighted by Crippen LogP contribution is -2.49. The minimum absolute atomic E-state index is 0.218. The summed E-state index contributed by atoms with van der Waals surface area (Å²) in [5.74, 6) is 0.183. The van der Waals surface area contributed by atoms with E-state index in [1.165, 1.54) is 6.42 Å². The Labute approximate surface area is 254 Å². The van der Waals surface area contributed by atoms with Gasteiger partial charge in [-0.15, -0.1) is 0 Å². The second kappa shape index (κ2) is 22.0. The molecule has 0 spiro atoms. The number of primary amides is 1. The van der Waals surface area contributed by atoms with Crippen molar-refractivity contribution < 1.29 is 24.0 Å². The van der Waals surface area contributed by atoms with Crippen molar-refractivity contribution in [1.82, 2.24) is 15.5 Å². The SMILES string of the molecule is CC.CC(C)(C)C(C=O)NC(=O)NCC(=N)C1CC1.CC(C)C.CN1CCCC1C=O.NC(=O)C(=O)C(N)CC1CC1. The minimum Gasteiger partial charge on any atom is -0.363 e. The number of likely N-dealkylation sites (N-methyl/N-ethyl adjacent to an activating group) is 1. The van der Waals surface area contributed by atoms with Crippen LogP contribution in [0.3, 0.4) is 0 Å². The molecule has 3 fully saturated rings. The number of nitrogens with zero attached hydrogens (tertiary/aromatic N) is 1. The number of aldehydes is 2. The molecule has 3 unspecified atom stereocenters. The van der Waals surface area contributed by atoms with Crippen LogP contribution in [-0.4, -0.2) is 79.2 Å². The average Bonchev–Trinajstić information content (AvgIpc) is 3.85. The molecule has 3 amide bonds. The number of nitrogens with one attached hydrogen (secondary N) is 3. The quantitative estimate of drug-likeness (QED) is 0.145. The number of urea groups is 1. The molecule has 0 aromatic heterocycles. The van der Waals surface area contributed by atoms with Crippen molar-refractivity contribution in [3.05, 3.63) is 0 Å². The molecule has 2 aliphatic carbocycles. The van der Waals surface area contributed by atoms with Crippen molar-refractivity contribution in [3.63, 3.8) is 0 Å². The first-order valence-electron chi connectivity index (χ1n) is 15.3. The van der Waals surface area contributed by atoms with Crippen molar-refractivity contribution in [1.29, 1.82) is 5.41 Å². The largest absolute Gasteiger partial charge is 0.363 e. The molecule has 1 aliphatic heterocycles. The zero-order chi connectivity index (χ0) is 33.0. The molecule has 11 heteroatoms. The first kappa shape index (κ1) is 41.5. The summed E-state index contributed by atoms with van der Waals surface area (Å²) in [5, 5.41) is 12.9. The summed E-state index contributed by atoms with van der Waals surface area (Å²) in [6.07, 6.45) is 8.99. The third kappa shape index (κ3) is 21.1. The van der Waals surface area contributed by atoms with Gasteiger partial charge in [-0.25, -0.2) is 4.79 Å². The van der Waals surface area contributed by atoms with E-state index in [2.05, 4.69) is 36.3 Å². The van der Waals surface area contributed by atoms with E-state index < -0.39 is 23.8 Å². The summed E-state index contributed by atoms with van der Waals surface area (Å²) in [5.41, 5.74) is 10.4. The average molecular weight is 597 g/mol. The first-order valence-corrected chi connectivity index (χ1v) is 15.3. The predicted molar refractivity (Wildman–Crippen MR) is 169 cm³/mol. The highest BCUT2D eigenvalue weighted by atomic mass is 16.2. The molecule has 3 aliphatic rings. The first-order chi connectivity index (χ1) is 19.5. The normalized spacial score (nSPS) is 18.9. The van der Waals surface area contributed by atoms with Crippen LogP contribution < -0.4 is 22.1 Å². The van der Waals surface area contributed by atoms with Gasteiger partial charge in [0.25, 0.3) is 5.91 Å². The van der Waals surface area contributed by atoms with Gasteiger partial charge in [0.2, 0.25) is 5.78 Å². The number of rotatable bonds is 10. The van der Waals surface area contributed by atoms with Crippen LogP contribution in [0.2, 0.25) is 0 Å². The molecular formula is C31H60N6O5. The van der Waals surface area contributed by atoms with E-state index in [4.69, 9.17) is 16.9 Å². The minimum atomic E-state index is -0.918. The van der Waals surface area contributed by atoms with Gasteiger partial charge in [-0.05, 0) is 68.9 Å². The van der Waals surface area contributed by atoms with Gasteiger partial charge in [0.15, 0.2) is 0 Å². The highest BCUT2D eigenvalue weighted by Gasteiger charge is 2.29. The Hall–Kier alpha value is -2.66. The Balaban J connectivity index is 0. The fourth-order valence-corrected chi connectivity index (χ4v) is 3.51. The van der Waals surface area contributed by atoms with Gasteiger partial charge in [0.05, 0.1) is 24.7 Å². The number of hydrogen-bond donors (Lipinski definition) is 5. The maximum Gasteiger partial charge on any atom is 0.315 e. The molecule has 42 heavy (non-hydrogen) atoms. The van der Waals surface area contributed by atoms with Crippen LogP contribution in [0, 0.1) is 28.6 Å². The predicted octanol–water partition coefficient (Wildman–Crippen LogP) is 3.47. The van der Waals surface area contributed by atoms with Crippen molar-refractivity contribution >= 4 is 36.0 Å². The lowest BCUT2D eigenvalue weighted by Gasteiger charge is -2.26. The maximum atomic E-state index is 11.5. The van der Waals surface area contributed by atoms with E-state index in [9.17, 15) is 24.0 Å². The molecule has 7 N–H and O–H groups in total. The molecule has 1 heterocycles. The van der Waals surface area contributed by atoms with Crippen LogP contribution in [0.15, 0.2) is 0 Å². The number of amides is 3. The lowest BCUT2D eigenvalue weighted by atomic mass is 9.88. The number of hydrogen-bond acceptors (Lipinski definition) is 8. The molecule has 11 nitrogen and oxygen atoms in total. The molecule has 1 saturated heterocycles. The Morgan fingerprint density at radius 1 is 1.02 bits per heavy atom. The highest BCUT2D eigenvalue weighted by Crippen LogP contribution is 2.33. The van der Waals surface area contributed by atoms with Gasteiger partial charge in [-0.3, -0.25) is 14.5 Å². The van der Waals surface area contributed by atoms with Crippen LogP contribution in [0.5, 0.6) is 0 Å². The fourth-order valence-electron chi connectivity index (χ4n) is 3.51. The monoisotopic (exact) mass is 596 g/mol. The smallest absolute Gasteiger partial charge is 0.315 e. The van der Waals surface area contributed by atoms with E-state index in [1.807, 2.05) is 41.7 Å². The summed E-state index contributed by atoms with van der Waals surface area (Å²) >= 11 is 0. The third-order valence-corrected chi connectivity index (χ3v) is 6.46. The zero-order valence-electron chi connectivity index (χ0n) is 27.6. The van der Waals surface area contributed by atoms with Crippen LogP contribution in [0.1, 0.15) is 100 Å². The van der Waals surface area contributed by atoms with Crippen molar-refractivity contribution in [2.75, 3.05) is 20.1 Å². The Morgan fingerprint density at radius 3 is 1.86 bits per heavy atom. The fraction of sp³-hybridized carbons (Fsp3) is 0.806. The van der Waals surface area contributed by atoms with Crippen LogP contribution in [0.25, 0.3) is 0 Å². The number of nitrogens with two attached hydrogens (primary N) is 2. The van der Waals surface area contributed by atoms with E-state index in [0.717, 1.165) is 57.1 Å². The summed E-state index contributed by atoms with van der Waals surface area (Å²) in [7, 11) is 1.99. The van der Waals surface area contributed by atoms with Crippen LogP contribution >= 0.6 is 0 Å². The van der Waals surface area contributed by atoms with Crippen molar-refractivity contribution in [2.24, 2.45) is 34.6 Å². The van der Waals surface area contributed by atoms with Crippen LogP contribution in [0.4, 0.5) is 4.79 Å². The molecule has 0 aromatic carbocycles. The van der Waals surface area contributed by atoms with Crippen LogP contribution in [-0.2, 0) is 19.2 Å². The van der Waals surface area contributed by atoms with E-state index in [1.54, 1.807) is 0 Å². The lowest BCUT2D eigenvalue weighted by molar-refractivity contribution is -0.136. The van der Waals surface area contributed by atoms with Crippen molar-refractivity contribution in [2.45, 2.75) is 118 Å². The zero-order valence-corrected chi connectivity index (χ0v) is 27.6. The molecule has 0 bridgehead atoms. The van der Waals surface area contributed by atoms with Gasteiger partial charge >= 0.3 is 6.03 Å². The Morgan fingerprint density at radius 2 is 1.55 bits per heavy atom. The van der Waals surface area contributed by atoms with Gasteiger partial charge in [0, 0.05) is 5.71 Å². The number of carbonyl (C=O) groups is 5. The van der Waals surface area contributed by atoms with Gasteiger partial charge in [-0.2, -0.15) is 0 Å². The summed E-state index contributed by atoms with van der Waals surface area (Å²) in [6.45, 7) is 17.5. The summed E-state index contributed by atoms with van der Waals surface area (Å²) in [6, 6.07) is -1.35. The molecule has 244 valence electrons. The Kier molecular flexibility index (Phi) is 21.7. The maximum absolute atomic E-state index is 11.5. The van der Waals surface area contributed by atoms with Gasteiger partial charge < -0.3 is 37.1 Å².